The fourth-order valence-corrected chi connectivity index (χ4v) is 28.0. The zero-order chi connectivity index (χ0) is 37.8. The van der Waals surface area contributed by atoms with Gasteiger partial charge in [-0.25, -0.2) is 0 Å². The summed E-state index contributed by atoms with van der Waals surface area (Å²) in [5.41, 5.74) is 7.48. The van der Waals surface area contributed by atoms with E-state index < -0.39 is 0 Å². The van der Waals surface area contributed by atoms with Crippen LogP contribution in [0, 0.1) is 0 Å². The summed E-state index contributed by atoms with van der Waals surface area (Å²) >= 11 is 2.51. The molecule has 0 saturated carbocycles. The molecular weight excluding hydrogens is 801 g/mol. The van der Waals surface area contributed by atoms with Gasteiger partial charge in [0, 0.05) is 21.3 Å². The molecule has 2 fully saturated rings. The smallest absolute Gasteiger partial charge is 0.0495 e. The zero-order valence-corrected chi connectivity index (χ0v) is 33.8. The van der Waals surface area contributed by atoms with Gasteiger partial charge in [-0.1, -0.05) is 0 Å². The van der Waals surface area contributed by atoms with E-state index in [1.807, 2.05) is 22.3 Å². The van der Waals surface area contributed by atoms with Crippen LogP contribution in [-0.2, 0) is 10.8 Å². The van der Waals surface area contributed by atoms with Gasteiger partial charge in [0.05, 0.1) is 0 Å². The van der Waals surface area contributed by atoms with Crippen LogP contribution in [0.15, 0.2) is 0 Å². The molecule has 0 radical (unpaired) electrons. The molecule has 1 heteroatoms. The Bertz CT molecular complexity index is 6460. The fourth-order valence-electron chi connectivity index (χ4n) is 25.8. The van der Waals surface area contributed by atoms with E-state index in [4.69, 9.17) is 0 Å². The average Bonchev–Trinajstić information content (AvgIpc) is 4.14. The van der Waals surface area contributed by atoms with Crippen molar-refractivity contribution in [2.45, 2.75) is 34.2 Å². The lowest BCUT2D eigenvalue weighted by molar-refractivity contribution is 0.275. The summed E-state index contributed by atoms with van der Waals surface area (Å²) in [5, 5.41) is 93.9. The second-order valence-corrected chi connectivity index (χ2v) is 26.5. The van der Waals surface area contributed by atoms with E-state index in [-0.39, 0.29) is 10.8 Å². The van der Waals surface area contributed by atoms with Crippen molar-refractivity contribution < 1.29 is 0 Å². The first-order valence-electron chi connectivity index (χ1n) is 24.9. The van der Waals surface area contributed by atoms with Crippen molar-refractivity contribution in [1.82, 2.24) is 0 Å². The predicted octanol–water partition coefficient (Wildman–Crippen LogP) is 17.6. The lowest BCUT2D eigenvalue weighted by Gasteiger charge is -2.56. The Kier molecular flexibility index (Phi) is 1.79. The Hall–Kier alpha value is -7.19. The second kappa shape index (κ2) is 5.02. The Morgan fingerprint density at radius 3 is 0.400 bits per heavy atom. The highest BCUT2D eigenvalue weighted by atomic mass is 32.2. The van der Waals surface area contributed by atoms with E-state index in [9.17, 15) is 0 Å². The van der Waals surface area contributed by atoms with E-state index in [0.29, 0.717) is 10.5 Å². The molecular formula is C64H6S. The maximum Gasteiger partial charge on any atom is 0.0495 e. The van der Waals surface area contributed by atoms with Crippen LogP contribution in [-0.4, -0.2) is 10.5 Å². The number of rotatable bonds is 0. The molecule has 4 aliphatic carbocycles. The van der Waals surface area contributed by atoms with E-state index in [2.05, 4.69) is 11.8 Å². The van der Waals surface area contributed by atoms with E-state index in [0.717, 1.165) is 0 Å². The van der Waals surface area contributed by atoms with E-state index in [1.165, 1.54) is 12.8 Å². The van der Waals surface area contributed by atoms with Crippen LogP contribution in [0.5, 0.6) is 0 Å². The maximum atomic E-state index is 2.51. The van der Waals surface area contributed by atoms with Gasteiger partial charge in [0.25, 0.3) is 0 Å². The summed E-state index contributed by atoms with van der Waals surface area (Å²) < 4.78 is 0. The highest BCUT2D eigenvalue weighted by molar-refractivity contribution is 8.01. The predicted molar refractivity (Wildman–Crippen MR) is 278 cm³/mol. The van der Waals surface area contributed by atoms with Gasteiger partial charge in [0.2, 0.25) is 0 Å². The lowest BCUT2D eigenvalue weighted by atomic mass is 9.44. The molecule has 2 atom stereocenters. The van der Waals surface area contributed by atoms with Crippen LogP contribution in [0.2, 0.25) is 0 Å². The molecule has 0 nitrogen and oxygen atoms in total. The first-order chi connectivity index (χ1) is 32.4. The molecule has 2 saturated heterocycles. The molecule has 0 aromatic heterocycles. The number of fused-ring (bicyclic) bond motifs is 2. The van der Waals surface area contributed by atoms with Gasteiger partial charge < -0.3 is 0 Å². The van der Waals surface area contributed by atoms with Crippen molar-refractivity contribution in [3.05, 3.63) is 22.3 Å². The van der Waals surface area contributed by atoms with Gasteiger partial charge in [-0.3, -0.25) is 0 Å². The fraction of sp³-hybridized carbons (Fsp3) is 0.0938. The highest BCUT2D eigenvalue weighted by Gasteiger charge is 2.79. The van der Waals surface area contributed by atoms with Gasteiger partial charge in [-0.2, -0.15) is 11.8 Å². The minimum atomic E-state index is -0.0219. The van der Waals surface area contributed by atoms with Crippen LogP contribution in [0.4, 0.5) is 0 Å². The molecule has 268 valence electrons. The van der Waals surface area contributed by atoms with Crippen LogP contribution >= 0.6 is 11.8 Å². The third-order valence-corrected chi connectivity index (χ3v) is 27.3. The molecule has 0 unspecified atom stereocenters. The van der Waals surface area contributed by atoms with Crippen LogP contribution in [0.3, 0.4) is 0 Å². The maximum absolute atomic E-state index is 2.51. The highest BCUT2D eigenvalue weighted by Crippen LogP contribution is 2.89. The Morgan fingerprint density at radius 2 is 0.277 bits per heavy atom. The third-order valence-electron chi connectivity index (χ3n) is 25.4. The van der Waals surface area contributed by atoms with Crippen molar-refractivity contribution in [3.63, 3.8) is 0 Å². The molecule has 34 rings (SSSR count). The summed E-state index contributed by atoms with van der Waals surface area (Å²) in [6.07, 6.45) is 2.74. The largest absolute Gasteiger partial charge is 0.152 e. The number of benzene rings is 18. The Morgan fingerprint density at radius 1 is 0.169 bits per heavy atom. The summed E-state index contributed by atoms with van der Waals surface area (Å²) in [6, 6.07) is 0. The molecule has 28 aromatic rings. The molecule has 2 heterocycles. The molecule has 65 heavy (non-hydrogen) atoms. The quantitative estimate of drug-likeness (QED) is 0.138. The second-order valence-electron chi connectivity index (χ2n) is 25.1. The third kappa shape index (κ3) is 1.14. The molecule has 28 aromatic carbocycles. The average molecular weight is 807 g/mol. The molecule has 2 bridgehead atoms. The summed E-state index contributed by atoms with van der Waals surface area (Å²) in [7, 11) is 0. The number of thioether (sulfide) groups is 1. The molecule has 0 amide bonds. The molecule has 0 N–H and O–H groups in total. The van der Waals surface area contributed by atoms with Gasteiger partial charge in [-0.15, -0.1) is 0 Å². The Balaban J connectivity index is 1.27. The van der Waals surface area contributed by atoms with Crippen LogP contribution in [0.1, 0.15) is 35.1 Å². The van der Waals surface area contributed by atoms with Crippen molar-refractivity contribution in [3.8, 4) is 0 Å². The van der Waals surface area contributed by atoms with Gasteiger partial charge in [-0.05, 0) is 326 Å². The number of hydrogen-bond acceptors (Lipinski definition) is 1. The van der Waals surface area contributed by atoms with E-state index >= 15 is 0 Å². The summed E-state index contributed by atoms with van der Waals surface area (Å²) in [6.45, 7) is 0. The van der Waals surface area contributed by atoms with Gasteiger partial charge in [0.1, 0.15) is 0 Å². The zero-order valence-electron chi connectivity index (χ0n) is 33.0. The normalized spacial score (nSPS) is 26.4. The lowest BCUT2D eigenvalue weighted by Crippen LogP contribution is -2.58. The van der Waals surface area contributed by atoms with E-state index in [1.54, 1.807) is 291 Å². The molecule has 6 aliphatic rings. The molecule has 2 aliphatic heterocycles. The standard InChI is InChI=1S/C64H6S/c1-2-4-64-61-53-45-35-25-17-9-6-5-7-11-13(9)21-27-19(11)29-23-15(7)16-8(5)12-14-10(6)18(17)26-32-22(14)28-20(12)30-24(16)34-33(23)43-37(29)47-41(27)49(39(45)31(21)25)57(61)55(47)59-51(43)52-44(34)38(30)48-42(28)50-40(32)46(36(26)35)54(53)62(64)58(50)56(48)60(52)63(59,64)3(1)65-4/h3-4H,1-2H2/t3-,4+,63?,64?. The SMILES string of the molecule is C1C[C@H]2S[C@@H]1C13c4c5c6c7c8c9c(c%10c%11c1c1c4c4c%12c5c5c6c6c8c8c%13c9c9c%10c%10c%11c%11c1c1c4c4c%12c%12c5c5c6c8c6c8c%13c9c9c%10c%10c%11c1c1c4c4c%12c5c6c5c8c9c%10c1c45)C723. The van der Waals surface area contributed by atoms with Crippen molar-refractivity contribution >= 4 is 303 Å². The monoisotopic (exact) mass is 806 g/mol. The summed E-state index contributed by atoms with van der Waals surface area (Å²) in [5.74, 6) is 0. The van der Waals surface area contributed by atoms with Gasteiger partial charge in [0.15, 0.2) is 0 Å². The number of hydrogen-bond donors (Lipinski definition) is 0. The van der Waals surface area contributed by atoms with Crippen LogP contribution < -0.4 is 0 Å². The summed E-state index contributed by atoms with van der Waals surface area (Å²) in [4.78, 5) is 0. The van der Waals surface area contributed by atoms with Crippen molar-refractivity contribution in [2.75, 3.05) is 0 Å². The molecule has 2 spiro atoms. The van der Waals surface area contributed by atoms with Crippen molar-refractivity contribution in [2.24, 2.45) is 0 Å². The first kappa shape index (κ1) is 23.1. The van der Waals surface area contributed by atoms with Crippen LogP contribution in [0.25, 0.3) is 291 Å². The first-order valence-corrected chi connectivity index (χ1v) is 25.8. The minimum absolute atomic E-state index is 0.0219. The van der Waals surface area contributed by atoms with Crippen molar-refractivity contribution in [1.29, 1.82) is 0 Å². The minimum Gasteiger partial charge on any atom is -0.152 e. The Labute approximate surface area is 357 Å². The topological polar surface area (TPSA) is 0 Å². The van der Waals surface area contributed by atoms with Gasteiger partial charge >= 0.3 is 0 Å².